The van der Waals surface area contributed by atoms with Gasteiger partial charge < -0.3 is 20.0 Å². The molecular formula is C11H15N5O. The molecule has 6 heteroatoms. The monoisotopic (exact) mass is 233 g/mol. The van der Waals surface area contributed by atoms with Gasteiger partial charge in [0.15, 0.2) is 11.4 Å². The second kappa shape index (κ2) is 3.89. The fraction of sp³-hybridized carbons (Fsp3) is 0.455. The van der Waals surface area contributed by atoms with Crippen LogP contribution in [0.3, 0.4) is 0 Å². The maximum absolute atomic E-state index is 5.72. The van der Waals surface area contributed by atoms with E-state index in [2.05, 4.69) is 26.8 Å². The zero-order valence-corrected chi connectivity index (χ0v) is 9.76. The molecule has 2 aromatic heterocycles. The van der Waals surface area contributed by atoms with Crippen LogP contribution < -0.4 is 10.6 Å². The minimum Gasteiger partial charge on any atom is -0.459 e. The van der Waals surface area contributed by atoms with Crippen LogP contribution in [0.2, 0.25) is 0 Å². The van der Waals surface area contributed by atoms with Crippen molar-refractivity contribution >= 4 is 22.9 Å². The molecule has 0 aliphatic carbocycles. The molecule has 1 aliphatic rings. The first-order valence-electron chi connectivity index (χ1n) is 5.68. The molecule has 90 valence electrons. The smallest absolute Gasteiger partial charge is 0.222 e. The van der Waals surface area contributed by atoms with E-state index >= 15 is 0 Å². The van der Waals surface area contributed by atoms with E-state index in [1.165, 1.54) is 0 Å². The van der Waals surface area contributed by atoms with Gasteiger partial charge in [0.05, 0.1) is 6.26 Å². The lowest BCUT2D eigenvalue weighted by molar-refractivity contribution is 0.312. The van der Waals surface area contributed by atoms with Crippen LogP contribution in [0.25, 0.3) is 11.1 Å². The van der Waals surface area contributed by atoms with Crippen LogP contribution in [0.15, 0.2) is 16.7 Å². The zero-order valence-electron chi connectivity index (χ0n) is 9.76. The molecule has 1 fully saturated rings. The zero-order chi connectivity index (χ0) is 11.8. The third-order valence-corrected chi connectivity index (χ3v) is 3.11. The Morgan fingerprint density at radius 3 is 2.76 bits per heavy atom. The van der Waals surface area contributed by atoms with Crippen molar-refractivity contribution in [2.45, 2.75) is 0 Å². The number of hydrogen-bond donors (Lipinski definition) is 1. The van der Waals surface area contributed by atoms with Crippen molar-refractivity contribution in [3.63, 3.8) is 0 Å². The van der Waals surface area contributed by atoms with Crippen LogP contribution in [0.5, 0.6) is 0 Å². The van der Waals surface area contributed by atoms with Gasteiger partial charge in [0.25, 0.3) is 0 Å². The van der Waals surface area contributed by atoms with Gasteiger partial charge in [0.2, 0.25) is 5.95 Å². The summed E-state index contributed by atoms with van der Waals surface area (Å²) in [5.41, 5.74) is 7.21. The van der Waals surface area contributed by atoms with Gasteiger partial charge in [-0.15, -0.1) is 0 Å². The van der Waals surface area contributed by atoms with E-state index in [4.69, 9.17) is 10.2 Å². The predicted molar refractivity (Wildman–Crippen MR) is 65.9 cm³/mol. The molecule has 3 rings (SSSR count). The molecule has 1 aliphatic heterocycles. The number of furan rings is 1. The van der Waals surface area contributed by atoms with Gasteiger partial charge >= 0.3 is 0 Å². The number of aromatic nitrogens is 2. The van der Waals surface area contributed by atoms with Crippen molar-refractivity contribution in [1.29, 1.82) is 0 Å². The summed E-state index contributed by atoms with van der Waals surface area (Å²) in [7, 11) is 2.12. The number of nitrogens with zero attached hydrogens (tertiary/aromatic N) is 4. The average molecular weight is 233 g/mol. The fourth-order valence-corrected chi connectivity index (χ4v) is 2.10. The summed E-state index contributed by atoms with van der Waals surface area (Å²) in [6, 6.07) is 1.81. The molecule has 0 saturated carbocycles. The first-order valence-corrected chi connectivity index (χ1v) is 5.68. The standard InChI is InChI=1S/C11H15N5O/c1-15-3-5-16(6-4-15)10-9-8(2-7-17-9)13-11(12)14-10/h2,7H,3-6H2,1H3,(H2,12,13,14). The molecule has 0 amide bonds. The molecule has 0 bridgehead atoms. The van der Waals surface area contributed by atoms with Crippen molar-refractivity contribution in [1.82, 2.24) is 14.9 Å². The van der Waals surface area contributed by atoms with E-state index in [1.54, 1.807) is 6.26 Å². The van der Waals surface area contributed by atoms with Crippen molar-refractivity contribution in [2.75, 3.05) is 43.9 Å². The van der Waals surface area contributed by atoms with Gasteiger partial charge in [-0.2, -0.15) is 4.98 Å². The van der Waals surface area contributed by atoms with Crippen LogP contribution in [0, 0.1) is 0 Å². The molecule has 2 aromatic rings. The van der Waals surface area contributed by atoms with Gasteiger partial charge in [-0.25, -0.2) is 4.98 Å². The highest BCUT2D eigenvalue weighted by Gasteiger charge is 2.20. The Bertz CT molecular complexity index is 530. The molecule has 1 saturated heterocycles. The molecule has 2 N–H and O–H groups in total. The van der Waals surface area contributed by atoms with Gasteiger partial charge in [-0.3, -0.25) is 0 Å². The highest BCUT2D eigenvalue weighted by molar-refractivity contribution is 5.85. The van der Waals surface area contributed by atoms with Crippen molar-refractivity contribution in [3.05, 3.63) is 12.3 Å². The van der Waals surface area contributed by atoms with Crippen LogP contribution in [-0.4, -0.2) is 48.1 Å². The number of fused-ring (bicyclic) bond motifs is 1. The average Bonchev–Trinajstić information content (AvgIpc) is 2.77. The van der Waals surface area contributed by atoms with Crippen LogP contribution in [0.4, 0.5) is 11.8 Å². The number of nitrogens with two attached hydrogens (primary N) is 1. The second-order valence-electron chi connectivity index (χ2n) is 4.33. The van der Waals surface area contributed by atoms with Crippen LogP contribution >= 0.6 is 0 Å². The molecule has 0 unspecified atom stereocenters. The number of anilines is 2. The summed E-state index contributed by atoms with van der Waals surface area (Å²) >= 11 is 0. The van der Waals surface area contributed by atoms with Gasteiger partial charge in [0, 0.05) is 32.2 Å². The first kappa shape index (κ1) is 10.3. The number of likely N-dealkylation sites (N-methyl/N-ethyl adjacent to an activating group) is 1. The maximum atomic E-state index is 5.72. The summed E-state index contributed by atoms with van der Waals surface area (Å²) in [6.07, 6.45) is 1.62. The number of hydrogen-bond acceptors (Lipinski definition) is 6. The Morgan fingerprint density at radius 2 is 2.00 bits per heavy atom. The molecule has 0 aromatic carbocycles. The molecule has 17 heavy (non-hydrogen) atoms. The van der Waals surface area contributed by atoms with Gasteiger partial charge in [-0.1, -0.05) is 0 Å². The van der Waals surface area contributed by atoms with Crippen LogP contribution in [0.1, 0.15) is 0 Å². The Kier molecular flexibility index (Phi) is 2.36. The molecule has 6 nitrogen and oxygen atoms in total. The quantitative estimate of drug-likeness (QED) is 0.776. The Morgan fingerprint density at radius 1 is 1.24 bits per heavy atom. The number of nitrogen functional groups attached to an aromatic ring is 1. The number of piperazine rings is 1. The van der Waals surface area contributed by atoms with Gasteiger partial charge in [-0.05, 0) is 7.05 Å². The minimum absolute atomic E-state index is 0.299. The molecule has 0 spiro atoms. The maximum Gasteiger partial charge on any atom is 0.222 e. The largest absolute Gasteiger partial charge is 0.459 e. The first-order chi connectivity index (χ1) is 8.24. The highest BCUT2D eigenvalue weighted by atomic mass is 16.3. The lowest BCUT2D eigenvalue weighted by Gasteiger charge is -2.33. The van der Waals surface area contributed by atoms with E-state index in [1.807, 2.05) is 6.07 Å². The summed E-state index contributed by atoms with van der Waals surface area (Å²) in [5.74, 6) is 1.11. The summed E-state index contributed by atoms with van der Waals surface area (Å²) in [4.78, 5) is 12.9. The third-order valence-electron chi connectivity index (χ3n) is 3.11. The summed E-state index contributed by atoms with van der Waals surface area (Å²) < 4.78 is 5.45. The fourth-order valence-electron chi connectivity index (χ4n) is 2.10. The summed E-state index contributed by atoms with van der Waals surface area (Å²) in [6.45, 7) is 3.91. The van der Waals surface area contributed by atoms with E-state index in [0.717, 1.165) is 43.1 Å². The van der Waals surface area contributed by atoms with Crippen molar-refractivity contribution in [2.24, 2.45) is 0 Å². The Hall–Kier alpha value is -1.82. The second-order valence-corrected chi connectivity index (χ2v) is 4.33. The molecule has 0 atom stereocenters. The van der Waals surface area contributed by atoms with Crippen LogP contribution in [-0.2, 0) is 0 Å². The molecule has 3 heterocycles. The highest BCUT2D eigenvalue weighted by Crippen LogP contribution is 2.26. The van der Waals surface area contributed by atoms with Crippen molar-refractivity contribution < 1.29 is 4.42 Å². The van der Waals surface area contributed by atoms with E-state index in [9.17, 15) is 0 Å². The SMILES string of the molecule is CN1CCN(c2nc(N)nc3ccoc23)CC1. The normalized spacial score (nSPS) is 17.8. The third kappa shape index (κ3) is 1.80. The lowest BCUT2D eigenvalue weighted by Crippen LogP contribution is -2.44. The number of rotatable bonds is 1. The van der Waals surface area contributed by atoms with Crippen molar-refractivity contribution in [3.8, 4) is 0 Å². The Balaban J connectivity index is 2.01. The minimum atomic E-state index is 0.299. The topological polar surface area (TPSA) is 71.4 Å². The molecular weight excluding hydrogens is 218 g/mol. The Labute approximate surface area is 99.0 Å². The predicted octanol–water partition coefficient (Wildman–Crippen LogP) is 0.557. The van der Waals surface area contributed by atoms with Gasteiger partial charge in [0.1, 0.15) is 5.52 Å². The van der Waals surface area contributed by atoms with E-state index in [0.29, 0.717) is 5.95 Å². The van der Waals surface area contributed by atoms with E-state index in [-0.39, 0.29) is 0 Å². The summed E-state index contributed by atoms with van der Waals surface area (Å²) in [5, 5.41) is 0. The lowest BCUT2D eigenvalue weighted by atomic mass is 10.3. The van der Waals surface area contributed by atoms with E-state index < -0.39 is 0 Å². The molecule has 0 radical (unpaired) electrons.